The Morgan fingerprint density at radius 1 is 1.07 bits per heavy atom. The summed E-state index contributed by atoms with van der Waals surface area (Å²) in [5.74, 6) is 1.31. The molecular weight excluding hydrogens is 368 g/mol. The molecule has 1 aliphatic rings. The van der Waals surface area contributed by atoms with Crippen LogP contribution in [0, 0.1) is 0 Å². The SMILES string of the molecule is COc1cc(C(=O)N[C@H]2CCCN(CCc3ccccc3)C2)cc(OC)c1OC. The van der Waals surface area contributed by atoms with Crippen LogP contribution in [0.4, 0.5) is 0 Å². The van der Waals surface area contributed by atoms with Crippen molar-refractivity contribution >= 4 is 5.91 Å². The van der Waals surface area contributed by atoms with Gasteiger partial charge in [0.15, 0.2) is 11.5 Å². The van der Waals surface area contributed by atoms with Crippen LogP contribution in [0.3, 0.4) is 0 Å². The Morgan fingerprint density at radius 2 is 1.76 bits per heavy atom. The number of amides is 1. The van der Waals surface area contributed by atoms with Gasteiger partial charge in [0.05, 0.1) is 21.3 Å². The van der Waals surface area contributed by atoms with Gasteiger partial charge in [-0.05, 0) is 43.5 Å². The summed E-state index contributed by atoms with van der Waals surface area (Å²) < 4.78 is 16.0. The molecular formula is C23H30N2O4. The van der Waals surface area contributed by atoms with Crippen LogP contribution in [0.1, 0.15) is 28.8 Å². The molecule has 0 unspecified atom stereocenters. The van der Waals surface area contributed by atoms with E-state index in [1.807, 2.05) is 6.07 Å². The van der Waals surface area contributed by atoms with Gasteiger partial charge in [0.25, 0.3) is 5.91 Å². The number of methoxy groups -OCH3 is 3. The summed E-state index contributed by atoms with van der Waals surface area (Å²) in [6, 6.07) is 14.0. The minimum absolute atomic E-state index is 0.126. The average Bonchev–Trinajstić information content (AvgIpc) is 2.77. The van der Waals surface area contributed by atoms with Crippen LogP contribution < -0.4 is 19.5 Å². The summed E-state index contributed by atoms with van der Waals surface area (Å²) >= 11 is 0. The van der Waals surface area contributed by atoms with Gasteiger partial charge in [0.1, 0.15) is 0 Å². The first kappa shape index (κ1) is 21.0. The second-order valence-corrected chi connectivity index (χ2v) is 7.26. The van der Waals surface area contributed by atoms with Crippen LogP contribution in [0.25, 0.3) is 0 Å². The summed E-state index contributed by atoms with van der Waals surface area (Å²) in [7, 11) is 4.64. The van der Waals surface area contributed by atoms with Crippen molar-refractivity contribution in [3.63, 3.8) is 0 Å². The summed E-state index contributed by atoms with van der Waals surface area (Å²) in [5, 5.41) is 3.17. The summed E-state index contributed by atoms with van der Waals surface area (Å²) in [6.45, 7) is 2.94. The Kier molecular flexibility index (Phi) is 7.36. The van der Waals surface area contributed by atoms with Gasteiger partial charge in [-0.3, -0.25) is 4.79 Å². The number of carbonyl (C=O) groups is 1. The maximum Gasteiger partial charge on any atom is 0.251 e. The highest BCUT2D eigenvalue weighted by Gasteiger charge is 2.23. The van der Waals surface area contributed by atoms with Gasteiger partial charge < -0.3 is 24.4 Å². The molecule has 1 amide bonds. The van der Waals surface area contributed by atoms with Crippen molar-refractivity contribution in [1.82, 2.24) is 10.2 Å². The second kappa shape index (κ2) is 10.2. The van der Waals surface area contributed by atoms with Crippen LogP contribution in [-0.2, 0) is 6.42 Å². The number of carbonyl (C=O) groups excluding carboxylic acids is 1. The molecule has 3 rings (SSSR count). The zero-order chi connectivity index (χ0) is 20.6. The largest absolute Gasteiger partial charge is 0.493 e. The molecule has 0 aromatic heterocycles. The molecule has 6 nitrogen and oxygen atoms in total. The lowest BCUT2D eigenvalue weighted by molar-refractivity contribution is 0.0903. The molecule has 1 saturated heterocycles. The Morgan fingerprint density at radius 3 is 2.38 bits per heavy atom. The van der Waals surface area contributed by atoms with E-state index >= 15 is 0 Å². The van der Waals surface area contributed by atoms with E-state index in [0.29, 0.717) is 22.8 Å². The van der Waals surface area contributed by atoms with E-state index in [0.717, 1.165) is 38.9 Å². The highest BCUT2D eigenvalue weighted by Crippen LogP contribution is 2.38. The summed E-state index contributed by atoms with van der Waals surface area (Å²) in [5.41, 5.74) is 1.84. The molecule has 2 aromatic carbocycles. The highest BCUT2D eigenvalue weighted by molar-refractivity contribution is 5.95. The summed E-state index contributed by atoms with van der Waals surface area (Å²) in [4.78, 5) is 15.3. The zero-order valence-electron chi connectivity index (χ0n) is 17.4. The molecule has 0 spiro atoms. The second-order valence-electron chi connectivity index (χ2n) is 7.26. The third-order valence-electron chi connectivity index (χ3n) is 5.33. The molecule has 1 heterocycles. The van der Waals surface area contributed by atoms with E-state index in [1.165, 1.54) is 5.56 Å². The van der Waals surface area contributed by atoms with E-state index in [1.54, 1.807) is 33.5 Å². The normalized spacial score (nSPS) is 16.9. The first-order valence-electron chi connectivity index (χ1n) is 10.0. The molecule has 1 atom stereocenters. The first-order chi connectivity index (χ1) is 14.1. The molecule has 0 bridgehead atoms. The quantitative estimate of drug-likeness (QED) is 0.740. The van der Waals surface area contributed by atoms with E-state index in [2.05, 4.69) is 34.5 Å². The Bertz CT molecular complexity index is 785. The predicted molar refractivity (Wildman–Crippen MR) is 113 cm³/mol. The van der Waals surface area contributed by atoms with Gasteiger partial charge in [0, 0.05) is 24.7 Å². The molecule has 156 valence electrons. The fourth-order valence-electron chi connectivity index (χ4n) is 3.79. The number of nitrogens with zero attached hydrogens (tertiary/aromatic N) is 1. The molecule has 1 fully saturated rings. The molecule has 1 aliphatic heterocycles. The van der Waals surface area contributed by atoms with Gasteiger partial charge in [0.2, 0.25) is 5.75 Å². The first-order valence-corrected chi connectivity index (χ1v) is 10.0. The van der Waals surface area contributed by atoms with Gasteiger partial charge in [-0.15, -0.1) is 0 Å². The van der Waals surface area contributed by atoms with Gasteiger partial charge in [-0.2, -0.15) is 0 Å². The minimum Gasteiger partial charge on any atom is -0.493 e. The molecule has 0 radical (unpaired) electrons. The molecule has 0 aliphatic carbocycles. The summed E-state index contributed by atoms with van der Waals surface area (Å²) in [6.07, 6.45) is 3.08. The monoisotopic (exact) mass is 398 g/mol. The average molecular weight is 399 g/mol. The lowest BCUT2D eigenvalue weighted by Gasteiger charge is -2.33. The van der Waals surface area contributed by atoms with E-state index < -0.39 is 0 Å². The van der Waals surface area contributed by atoms with Crippen molar-refractivity contribution in [2.45, 2.75) is 25.3 Å². The maximum absolute atomic E-state index is 12.9. The van der Waals surface area contributed by atoms with Crippen LogP contribution in [0.15, 0.2) is 42.5 Å². The fourth-order valence-corrected chi connectivity index (χ4v) is 3.79. The molecule has 29 heavy (non-hydrogen) atoms. The van der Waals surface area contributed by atoms with Gasteiger partial charge >= 0.3 is 0 Å². The number of piperidine rings is 1. The molecule has 0 saturated carbocycles. The number of hydrogen-bond donors (Lipinski definition) is 1. The van der Waals surface area contributed by atoms with Crippen molar-refractivity contribution in [2.75, 3.05) is 41.0 Å². The predicted octanol–water partition coefficient (Wildman–Crippen LogP) is 3.15. The van der Waals surface area contributed by atoms with Crippen LogP contribution in [0.5, 0.6) is 17.2 Å². The number of likely N-dealkylation sites (tertiary alicyclic amines) is 1. The van der Waals surface area contributed by atoms with E-state index in [4.69, 9.17) is 14.2 Å². The number of ether oxygens (including phenoxy) is 3. The Balaban J connectivity index is 1.61. The minimum atomic E-state index is -0.126. The number of rotatable bonds is 8. The standard InChI is InChI=1S/C23H30N2O4/c1-27-20-14-18(15-21(28-2)22(20)29-3)23(26)24-19-10-7-12-25(16-19)13-11-17-8-5-4-6-9-17/h4-6,8-9,14-15,19H,7,10-13,16H2,1-3H3,(H,24,26)/t19-/m0/s1. The van der Waals surface area contributed by atoms with Crippen molar-refractivity contribution < 1.29 is 19.0 Å². The topological polar surface area (TPSA) is 60.0 Å². The van der Waals surface area contributed by atoms with E-state index in [-0.39, 0.29) is 11.9 Å². The van der Waals surface area contributed by atoms with Crippen LogP contribution in [0.2, 0.25) is 0 Å². The van der Waals surface area contributed by atoms with Crippen molar-refractivity contribution in [3.8, 4) is 17.2 Å². The fraction of sp³-hybridized carbons (Fsp3) is 0.435. The van der Waals surface area contributed by atoms with Crippen molar-refractivity contribution in [3.05, 3.63) is 53.6 Å². The van der Waals surface area contributed by atoms with Gasteiger partial charge in [-0.25, -0.2) is 0 Å². The number of hydrogen-bond acceptors (Lipinski definition) is 5. The van der Waals surface area contributed by atoms with Crippen molar-refractivity contribution in [1.29, 1.82) is 0 Å². The Hall–Kier alpha value is -2.73. The van der Waals surface area contributed by atoms with Crippen molar-refractivity contribution in [2.24, 2.45) is 0 Å². The highest BCUT2D eigenvalue weighted by atomic mass is 16.5. The van der Waals surface area contributed by atoms with Gasteiger partial charge in [-0.1, -0.05) is 30.3 Å². The smallest absolute Gasteiger partial charge is 0.251 e. The maximum atomic E-state index is 12.9. The third kappa shape index (κ3) is 5.41. The van der Waals surface area contributed by atoms with Crippen LogP contribution >= 0.6 is 0 Å². The number of benzene rings is 2. The molecule has 6 heteroatoms. The van der Waals surface area contributed by atoms with E-state index in [9.17, 15) is 4.79 Å². The third-order valence-corrected chi connectivity index (χ3v) is 5.33. The van der Waals surface area contributed by atoms with Crippen LogP contribution in [-0.4, -0.2) is 57.8 Å². The number of nitrogens with one attached hydrogen (secondary N) is 1. The lowest BCUT2D eigenvalue weighted by Crippen LogP contribution is -2.48. The Labute approximate surface area is 172 Å². The molecule has 2 aromatic rings. The lowest BCUT2D eigenvalue weighted by atomic mass is 10.0. The zero-order valence-corrected chi connectivity index (χ0v) is 17.4. The molecule has 1 N–H and O–H groups in total.